The molecule has 0 saturated carbocycles. The molecule has 3 heterocycles. The molecule has 3 aliphatic rings. The quantitative estimate of drug-likeness (QED) is 0.677. The van der Waals surface area contributed by atoms with E-state index in [4.69, 9.17) is 0 Å². The lowest BCUT2D eigenvalue weighted by Gasteiger charge is -2.40. The Morgan fingerprint density at radius 2 is 1.59 bits per heavy atom. The van der Waals surface area contributed by atoms with Crippen LogP contribution in [0.5, 0.6) is 0 Å². The second kappa shape index (κ2) is 10.4. The maximum absolute atomic E-state index is 13.2. The molecule has 0 aromatic heterocycles. The van der Waals surface area contributed by atoms with Crippen molar-refractivity contribution in [1.29, 1.82) is 0 Å². The molecule has 3 aliphatic heterocycles. The summed E-state index contributed by atoms with van der Waals surface area (Å²) in [5.74, 6) is -0.0760. The van der Waals surface area contributed by atoms with Crippen molar-refractivity contribution in [2.24, 2.45) is 0 Å². The predicted molar refractivity (Wildman–Crippen MR) is 134 cm³/mol. The van der Waals surface area contributed by atoms with Crippen LogP contribution >= 0.6 is 0 Å². The topological polar surface area (TPSA) is 30.0 Å². The Hall–Kier alpha value is -3.12. The number of anilines is 1. The molecule has 0 atom stereocenters. The number of piperazine rings is 1. The van der Waals surface area contributed by atoms with Crippen LogP contribution in [0, 0.1) is 5.82 Å². The van der Waals surface area contributed by atoms with Crippen LogP contribution in [0.3, 0.4) is 0 Å². The molecule has 2 saturated heterocycles. The minimum absolute atomic E-state index is 0.129. The lowest BCUT2D eigenvalue weighted by atomic mass is 10.0. The largest absolute Gasteiger partial charge is 0.371 e. The van der Waals surface area contributed by atoms with Gasteiger partial charge in [0.1, 0.15) is 5.82 Å². The van der Waals surface area contributed by atoms with E-state index in [1.807, 2.05) is 23.1 Å². The monoisotopic (exact) mass is 460 g/mol. The molecule has 2 aromatic carbocycles. The third kappa shape index (κ3) is 5.33. The van der Waals surface area contributed by atoms with Crippen LogP contribution in [0.15, 0.2) is 78.5 Å². The van der Waals surface area contributed by atoms with E-state index < -0.39 is 0 Å². The summed E-state index contributed by atoms with van der Waals surface area (Å²) in [6, 6.07) is 17.8. The first-order valence-corrected chi connectivity index (χ1v) is 12.4. The molecule has 0 spiro atoms. The van der Waals surface area contributed by atoms with E-state index in [1.54, 1.807) is 0 Å². The van der Waals surface area contributed by atoms with Crippen LogP contribution in [-0.2, 0) is 11.3 Å². The van der Waals surface area contributed by atoms with Gasteiger partial charge in [-0.3, -0.25) is 9.69 Å². The predicted octanol–water partition coefficient (Wildman–Crippen LogP) is 3.89. The summed E-state index contributed by atoms with van der Waals surface area (Å²) >= 11 is 0. The number of amides is 1. The summed E-state index contributed by atoms with van der Waals surface area (Å²) in [7, 11) is 0. The van der Waals surface area contributed by atoms with Crippen molar-refractivity contribution in [3.8, 4) is 0 Å². The van der Waals surface area contributed by atoms with E-state index in [9.17, 15) is 9.18 Å². The minimum atomic E-state index is -0.205. The number of carbonyl (C=O) groups is 1. The van der Waals surface area contributed by atoms with Crippen molar-refractivity contribution in [3.63, 3.8) is 0 Å². The fourth-order valence-electron chi connectivity index (χ4n) is 5.19. The molecule has 2 fully saturated rings. The molecule has 5 nitrogen and oxygen atoms in total. The van der Waals surface area contributed by atoms with Crippen LogP contribution in [-0.4, -0.2) is 72.5 Å². The van der Waals surface area contributed by atoms with Gasteiger partial charge in [0.25, 0.3) is 5.91 Å². The minimum Gasteiger partial charge on any atom is -0.371 e. The van der Waals surface area contributed by atoms with Crippen LogP contribution in [0.2, 0.25) is 0 Å². The van der Waals surface area contributed by atoms with Gasteiger partial charge < -0.3 is 14.7 Å². The summed E-state index contributed by atoms with van der Waals surface area (Å²) in [5, 5.41) is 0. The molecule has 0 N–H and O–H groups in total. The molecule has 0 radical (unpaired) electrons. The number of halogens is 1. The number of benzene rings is 2. The van der Waals surface area contributed by atoms with Crippen molar-refractivity contribution < 1.29 is 9.18 Å². The van der Waals surface area contributed by atoms with Gasteiger partial charge in [0.2, 0.25) is 0 Å². The van der Waals surface area contributed by atoms with E-state index in [1.165, 1.54) is 17.8 Å². The summed E-state index contributed by atoms with van der Waals surface area (Å²) in [4.78, 5) is 22.3. The van der Waals surface area contributed by atoms with Gasteiger partial charge in [-0.25, -0.2) is 4.39 Å². The molecular weight excluding hydrogens is 427 g/mol. The van der Waals surface area contributed by atoms with Crippen molar-refractivity contribution >= 4 is 11.6 Å². The fraction of sp³-hybridized carbons (Fsp3) is 0.393. The molecule has 1 amide bonds. The maximum atomic E-state index is 13.2. The maximum Gasteiger partial charge on any atom is 0.255 e. The molecule has 2 aromatic rings. The molecule has 5 rings (SSSR count). The molecule has 0 bridgehead atoms. The highest BCUT2D eigenvalue weighted by atomic mass is 19.1. The van der Waals surface area contributed by atoms with Gasteiger partial charge in [-0.1, -0.05) is 42.5 Å². The third-order valence-corrected chi connectivity index (χ3v) is 7.20. The van der Waals surface area contributed by atoms with Gasteiger partial charge in [-0.15, -0.1) is 0 Å². The lowest BCUT2D eigenvalue weighted by molar-refractivity contribution is -0.128. The van der Waals surface area contributed by atoms with Crippen molar-refractivity contribution in [3.05, 3.63) is 89.9 Å². The van der Waals surface area contributed by atoms with Gasteiger partial charge in [0.15, 0.2) is 0 Å². The Bertz CT molecular complexity index is 1020. The summed E-state index contributed by atoms with van der Waals surface area (Å²) in [6.07, 6.45) is 8.41. The Balaban J connectivity index is 1.13. The van der Waals surface area contributed by atoms with E-state index in [0.29, 0.717) is 6.04 Å². The molecule has 6 heteroatoms. The summed E-state index contributed by atoms with van der Waals surface area (Å²) in [6.45, 7) is 6.87. The number of rotatable bonds is 5. The van der Waals surface area contributed by atoms with Crippen LogP contribution in [0.4, 0.5) is 10.1 Å². The van der Waals surface area contributed by atoms with Crippen LogP contribution < -0.4 is 4.90 Å². The molecule has 0 unspecified atom stereocenters. The first-order chi connectivity index (χ1) is 16.7. The van der Waals surface area contributed by atoms with Crippen molar-refractivity contribution in [2.75, 3.05) is 50.7 Å². The van der Waals surface area contributed by atoms with Gasteiger partial charge in [0, 0.05) is 70.3 Å². The summed E-state index contributed by atoms with van der Waals surface area (Å²) in [5.41, 5.74) is 3.20. The Morgan fingerprint density at radius 3 is 2.29 bits per heavy atom. The molecule has 0 aliphatic carbocycles. The van der Waals surface area contributed by atoms with Gasteiger partial charge in [-0.2, -0.15) is 0 Å². The summed E-state index contributed by atoms with van der Waals surface area (Å²) < 4.78 is 13.1. The zero-order valence-electron chi connectivity index (χ0n) is 19.7. The first kappa shape index (κ1) is 22.7. The fourth-order valence-corrected chi connectivity index (χ4v) is 5.19. The number of hydrogen-bond acceptors (Lipinski definition) is 4. The zero-order valence-corrected chi connectivity index (χ0v) is 19.7. The first-order valence-electron chi connectivity index (χ1n) is 12.4. The normalized spacial score (nSPS) is 19.9. The smallest absolute Gasteiger partial charge is 0.255 e. The highest BCUT2D eigenvalue weighted by molar-refractivity contribution is 5.96. The number of nitrogens with zero attached hydrogens (tertiary/aromatic N) is 4. The van der Waals surface area contributed by atoms with Crippen LogP contribution in [0.1, 0.15) is 18.4 Å². The second-order valence-corrected chi connectivity index (χ2v) is 9.43. The zero-order chi connectivity index (χ0) is 23.3. The average Bonchev–Trinajstić information content (AvgIpc) is 2.91. The van der Waals surface area contributed by atoms with Crippen LogP contribution in [0.25, 0.3) is 0 Å². The van der Waals surface area contributed by atoms with E-state index in [-0.39, 0.29) is 11.7 Å². The third-order valence-electron chi connectivity index (χ3n) is 7.20. The van der Waals surface area contributed by atoms with E-state index >= 15 is 0 Å². The Labute approximate surface area is 201 Å². The number of hydrogen-bond donors (Lipinski definition) is 0. The molecule has 34 heavy (non-hydrogen) atoms. The Morgan fingerprint density at radius 1 is 0.882 bits per heavy atom. The SMILES string of the molecule is O=C(C1=CN(C2CCN(c3ccccc3)CC2)CC=C1)N1CCN(Cc2ccc(F)cc2)CC1. The van der Waals surface area contributed by atoms with Crippen molar-refractivity contribution in [2.45, 2.75) is 25.4 Å². The average molecular weight is 461 g/mol. The van der Waals surface area contributed by atoms with E-state index in [2.05, 4.69) is 57.3 Å². The van der Waals surface area contributed by atoms with Gasteiger partial charge >= 0.3 is 0 Å². The lowest BCUT2D eigenvalue weighted by Crippen LogP contribution is -2.49. The second-order valence-electron chi connectivity index (χ2n) is 9.43. The molecule has 178 valence electrons. The number of carbonyl (C=O) groups excluding carboxylic acids is 1. The highest BCUT2D eigenvalue weighted by Crippen LogP contribution is 2.25. The van der Waals surface area contributed by atoms with Gasteiger partial charge in [-0.05, 0) is 42.7 Å². The van der Waals surface area contributed by atoms with Gasteiger partial charge in [0.05, 0.1) is 5.57 Å². The standard InChI is InChI=1S/C28H33FN4O/c29-25-10-8-23(9-11-25)21-30-17-19-32(20-18-30)28(34)24-5-4-14-33(22-24)27-12-15-31(16-13-27)26-6-2-1-3-7-26/h1-11,22,27H,12-21H2. The molecular formula is C28H33FN4O. The van der Waals surface area contributed by atoms with Crippen molar-refractivity contribution in [1.82, 2.24) is 14.7 Å². The Kier molecular flexibility index (Phi) is 6.95. The number of para-hydroxylation sites is 1. The number of piperidine rings is 1. The highest BCUT2D eigenvalue weighted by Gasteiger charge is 2.27. The van der Waals surface area contributed by atoms with E-state index in [0.717, 1.165) is 76.3 Å².